The van der Waals surface area contributed by atoms with Gasteiger partial charge >= 0.3 is 0 Å². The normalized spacial score (nSPS) is 21.1. The monoisotopic (exact) mass is 371 g/mol. The van der Waals surface area contributed by atoms with Crippen LogP contribution in [-0.4, -0.2) is 56.3 Å². The molecule has 1 atom stereocenters. The topological polar surface area (TPSA) is 74.6 Å². The molecule has 6 nitrogen and oxygen atoms in total. The summed E-state index contributed by atoms with van der Waals surface area (Å²) in [6, 6.07) is 9.64. The predicted octanol–water partition coefficient (Wildman–Crippen LogP) is 2.08. The first-order chi connectivity index (χ1) is 13.2. The lowest BCUT2D eigenvalue weighted by molar-refractivity contribution is -0.123. The molecule has 1 aromatic carbocycles. The number of ether oxygens (including phenoxy) is 2. The van der Waals surface area contributed by atoms with E-state index in [1.54, 1.807) is 0 Å². The third kappa shape index (κ3) is 6.62. The molecule has 3 rings (SSSR count). The van der Waals surface area contributed by atoms with Crippen molar-refractivity contribution in [3.8, 4) is 6.07 Å². The fourth-order valence-corrected chi connectivity index (χ4v) is 3.62. The summed E-state index contributed by atoms with van der Waals surface area (Å²) in [6.07, 6.45) is 4.47. The van der Waals surface area contributed by atoms with Gasteiger partial charge in [-0.25, -0.2) is 0 Å². The van der Waals surface area contributed by atoms with E-state index in [1.165, 1.54) is 0 Å². The zero-order valence-corrected chi connectivity index (χ0v) is 15.9. The van der Waals surface area contributed by atoms with Gasteiger partial charge in [0.2, 0.25) is 5.91 Å². The van der Waals surface area contributed by atoms with Gasteiger partial charge < -0.3 is 14.8 Å². The number of nitrogens with zero attached hydrogens (tertiary/aromatic N) is 2. The van der Waals surface area contributed by atoms with Gasteiger partial charge in [0, 0.05) is 19.8 Å². The molecule has 0 bridgehead atoms. The zero-order chi connectivity index (χ0) is 18.9. The Labute approximate surface area is 161 Å². The van der Waals surface area contributed by atoms with Gasteiger partial charge in [0.05, 0.1) is 30.9 Å². The Kier molecular flexibility index (Phi) is 7.64. The quantitative estimate of drug-likeness (QED) is 0.757. The van der Waals surface area contributed by atoms with Gasteiger partial charge in [0.1, 0.15) is 0 Å². The van der Waals surface area contributed by atoms with E-state index in [9.17, 15) is 4.79 Å². The predicted molar refractivity (Wildman–Crippen MR) is 102 cm³/mol. The summed E-state index contributed by atoms with van der Waals surface area (Å²) in [5.41, 5.74) is 1.76. The van der Waals surface area contributed by atoms with Crippen molar-refractivity contribution in [3.63, 3.8) is 0 Å². The average molecular weight is 371 g/mol. The molecular formula is C21H29N3O3. The second-order valence-corrected chi connectivity index (χ2v) is 7.48. The van der Waals surface area contributed by atoms with Crippen LogP contribution in [0.1, 0.15) is 36.8 Å². The third-order valence-electron chi connectivity index (χ3n) is 5.33. The summed E-state index contributed by atoms with van der Waals surface area (Å²) in [6.45, 7) is 5.15. The zero-order valence-electron chi connectivity index (χ0n) is 15.9. The van der Waals surface area contributed by atoms with E-state index in [-0.39, 0.29) is 12.0 Å². The highest BCUT2D eigenvalue weighted by Gasteiger charge is 2.22. The smallest absolute Gasteiger partial charge is 0.234 e. The molecule has 0 aliphatic carbocycles. The highest BCUT2D eigenvalue weighted by molar-refractivity contribution is 5.78. The molecule has 1 aromatic rings. The van der Waals surface area contributed by atoms with Crippen molar-refractivity contribution in [2.45, 2.75) is 38.4 Å². The molecule has 2 aliphatic heterocycles. The first-order valence-corrected chi connectivity index (χ1v) is 9.90. The number of piperidine rings is 1. The highest BCUT2D eigenvalue weighted by atomic mass is 16.5. The number of carbonyl (C=O) groups is 1. The molecule has 1 amide bonds. The Morgan fingerprint density at radius 3 is 2.70 bits per heavy atom. The number of nitriles is 1. The van der Waals surface area contributed by atoms with E-state index in [4.69, 9.17) is 14.7 Å². The van der Waals surface area contributed by atoms with Crippen LogP contribution in [0.15, 0.2) is 24.3 Å². The van der Waals surface area contributed by atoms with E-state index in [0.717, 1.165) is 57.6 Å². The van der Waals surface area contributed by atoms with Crippen LogP contribution in [0, 0.1) is 17.2 Å². The van der Waals surface area contributed by atoms with E-state index >= 15 is 0 Å². The largest absolute Gasteiger partial charge is 0.376 e. The van der Waals surface area contributed by atoms with Crippen molar-refractivity contribution in [1.29, 1.82) is 5.26 Å². The van der Waals surface area contributed by atoms with Crippen LogP contribution in [0.4, 0.5) is 0 Å². The standard InChI is InChI=1S/C21H29N3O3/c22-12-17-3-5-18(6-4-17)15-26-16-19-7-9-24(10-8-19)14-21(25)23-13-20-2-1-11-27-20/h3-6,19-20H,1-2,7-11,13-16H2,(H,23,25)/t20-/m1/s1. The maximum absolute atomic E-state index is 12.1. The maximum Gasteiger partial charge on any atom is 0.234 e. The molecule has 0 spiro atoms. The molecule has 0 aromatic heterocycles. The maximum atomic E-state index is 12.1. The van der Waals surface area contributed by atoms with Crippen molar-refractivity contribution >= 4 is 5.91 Å². The fourth-order valence-electron chi connectivity index (χ4n) is 3.62. The Balaban J connectivity index is 1.27. The second kappa shape index (κ2) is 10.4. The van der Waals surface area contributed by atoms with Crippen LogP contribution in [-0.2, 0) is 20.9 Å². The molecule has 0 saturated carbocycles. The van der Waals surface area contributed by atoms with Gasteiger partial charge in [-0.05, 0) is 62.4 Å². The molecule has 2 heterocycles. The summed E-state index contributed by atoms with van der Waals surface area (Å²) < 4.78 is 11.4. The Bertz CT molecular complexity index is 627. The first kappa shape index (κ1) is 19.8. The number of hydrogen-bond acceptors (Lipinski definition) is 5. The van der Waals surface area contributed by atoms with Crippen molar-refractivity contribution in [3.05, 3.63) is 35.4 Å². The Hall–Kier alpha value is -1.94. The van der Waals surface area contributed by atoms with Gasteiger partial charge in [-0.15, -0.1) is 0 Å². The summed E-state index contributed by atoms with van der Waals surface area (Å²) in [7, 11) is 0. The number of carbonyl (C=O) groups excluding carboxylic acids is 1. The van der Waals surface area contributed by atoms with Gasteiger partial charge in [0.15, 0.2) is 0 Å². The summed E-state index contributed by atoms with van der Waals surface area (Å²) in [5, 5.41) is 11.8. The van der Waals surface area contributed by atoms with Crippen LogP contribution in [0.3, 0.4) is 0 Å². The fraction of sp³-hybridized carbons (Fsp3) is 0.619. The van der Waals surface area contributed by atoms with E-state index in [2.05, 4.69) is 16.3 Å². The molecule has 6 heteroatoms. The number of nitrogens with one attached hydrogen (secondary N) is 1. The minimum atomic E-state index is 0.0982. The SMILES string of the molecule is N#Cc1ccc(COCC2CCN(CC(=O)NC[C@H]3CCCO3)CC2)cc1. The van der Waals surface area contributed by atoms with E-state index in [1.807, 2.05) is 24.3 Å². The lowest BCUT2D eigenvalue weighted by Gasteiger charge is -2.31. The van der Waals surface area contributed by atoms with Gasteiger partial charge in [-0.3, -0.25) is 9.69 Å². The lowest BCUT2D eigenvalue weighted by Crippen LogP contribution is -2.43. The summed E-state index contributed by atoms with van der Waals surface area (Å²) in [4.78, 5) is 14.3. The lowest BCUT2D eigenvalue weighted by atomic mass is 9.98. The van der Waals surface area contributed by atoms with Gasteiger partial charge in [-0.1, -0.05) is 12.1 Å². The number of amides is 1. The Morgan fingerprint density at radius 1 is 1.26 bits per heavy atom. The van der Waals surface area contributed by atoms with Crippen molar-refractivity contribution in [1.82, 2.24) is 10.2 Å². The minimum absolute atomic E-state index is 0.0982. The molecule has 146 valence electrons. The first-order valence-electron chi connectivity index (χ1n) is 9.90. The average Bonchev–Trinajstić information content (AvgIpc) is 3.22. The van der Waals surface area contributed by atoms with E-state index < -0.39 is 0 Å². The molecule has 2 aliphatic rings. The van der Waals surface area contributed by atoms with Crippen LogP contribution in [0.5, 0.6) is 0 Å². The molecule has 2 saturated heterocycles. The van der Waals surface area contributed by atoms with Crippen molar-refractivity contribution in [2.24, 2.45) is 5.92 Å². The van der Waals surface area contributed by atoms with Gasteiger partial charge in [-0.2, -0.15) is 5.26 Å². The molecule has 0 radical (unpaired) electrons. The minimum Gasteiger partial charge on any atom is -0.376 e. The number of hydrogen-bond donors (Lipinski definition) is 1. The number of rotatable bonds is 8. The Morgan fingerprint density at radius 2 is 2.04 bits per heavy atom. The van der Waals surface area contributed by atoms with Crippen LogP contribution < -0.4 is 5.32 Å². The third-order valence-corrected chi connectivity index (χ3v) is 5.33. The van der Waals surface area contributed by atoms with Gasteiger partial charge in [0.25, 0.3) is 0 Å². The molecule has 1 N–H and O–H groups in total. The molecule has 27 heavy (non-hydrogen) atoms. The number of likely N-dealkylation sites (tertiary alicyclic amines) is 1. The van der Waals surface area contributed by atoms with Crippen molar-refractivity contribution < 1.29 is 14.3 Å². The van der Waals surface area contributed by atoms with E-state index in [0.29, 0.717) is 31.2 Å². The highest BCUT2D eigenvalue weighted by Crippen LogP contribution is 2.18. The summed E-state index contributed by atoms with van der Waals surface area (Å²) in [5.74, 6) is 0.649. The van der Waals surface area contributed by atoms with Crippen LogP contribution in [0.25, 0.3) is 0 Å². The molecular weight excluding hydrogens is 342 g/mol. The number of benzene rings is 1. The van der Waals surface area contributed by atoms with Crippen LogP contribution in [0.2, 0.25) is 0 Å². The summed E-state index contributed by atoms with van der Waals surface area (Å²) >= 11 is 0. The second-order valence-electron chi connectivity index (χ2n) is 7.48. The van der Waals surface area contributed by atoms with Crippen LogP contribution >= 0.6 is 0 Å². The molecule has 2 fully saturated rings. The molecule has 0 unspecified atom stereocenters. The van der Waals surface area contributed by atoms with Crippen molar-refractivity contribution in [2.75, 3.05) is 39.4 Å².